The number of hydrogen-bond donors (Lipinski definition) is 1. The number of primary sulfonamides is 1. The summed E-state index contributed by atoms with van der Waals surface area (Å²) in [6, 6.07) is 1.68. The standard InChI is InChI=1S/C11H17ClN2O3S/c1-9(3-5-18(13,15)16)2-4-17-11-6-10(12)7-14-8-11/h6-9H,2-5H2,1H3,(H2,13,15,16). The molecule has 0 fully saturated rings. The van der Waals surface area contributed by atoms with Crippen LogP contribution in [0.4, 0.5) is 0 Å². The van der Waals surface area contributed by atoms with Crippen molar-refractivity contribution in [2.45, 2.75) is 19.8 Å². The van der Waals surface area contributed by atoms with E-state index >= 15 is 0 Å². The number of nitrogens with zero attached hydrogens (tertiary/aromatic N) is 1. The molecule has 7 heteroatoms. The first kappa shape index (κ1) is 15.2. The summed E-state index contributed by atoms with van der Waals surface area (Å²) in [4.78, 5) is 3.90. The van der Waals surface area contributed by atoms with Gasteiger partial charge < -0.3 is 4.74 Å². The predicted molar refractivity (Wildman–Crippen MR) is 71.1 cm³/mol. The van der Waals surface area contributed by atoms with E-state index < -0.39 is 10.0 Å². The van der Waals surface area contributed by atoms with Crippen LogP contribution in [0.5, 0.6) is 5.75 Å². The second-order valence-corrected chi connectivity index (χ2v) is 6.41. The Bertz CT molecular complexity index is 479. The van der Waals surface area contributed by atoms with Gasteiger partial charge in [0.15, 0.2) is 0 Å². The maximum absolute atomic E-state index is 10.8. The summed E-state index contributed by atoms with van der Waals surface area (Å²) in [7, 11) is -3.37. The van der Waals surface area contributed by atoms with E-state index in [1.54, 1.807) is 12.3 Å². The highest BCUT2D eigenvalue weighted by molar-refractivity contribution is 7.89. The molecule has 0 amide bonds. The number of pyridine rings is 1. The minimum Gasteiger partial charge on any atom is -0.492 e. The fourth-order valence-electron chi connectivity index (χ4n) is 1.36. The lowest BCUT2D eigenvalue weighted by Crippen LogP contribution is -2.18. The molecular weight excluding hydrogens is 276 g/mol. The van der Waals surface area contributed by atoms with Gasteiger partial charge in [0.05, 0.1) is 23.6 Å². The van der Waals surface area contributed by atoms with Crippen molar-refractivity contribution in [3.05, 3.63) is 23.5 Å². The maximum Gasteiger partial charge on any atom is 0.209 e. The SMILES string of the molecule is CC(CCOc1cncc(Cl)c1)CCS(N)(=O)=O. The van der Waals surface area contributed by atoms with Crippen molar-refractivity contribution in [1.82, 2.24) is 4.98 Å². The summed E-state index contributed by atoms with van der Waals surface area (Å²) >= 11 is 5.76. The molecule has 0 saturated heterocycles. The summed E-state index contributed by atoms with van der Waals surface area (Å²) in [5, 5.41) is 5.46. The minimum atomic E-state index is -3.37. The first-order valence-corrected chi connectivity index (χ1v) is 7.70. The second kappa shape index (κ2) is 6.92. The Morgan fingerprint density at radius 1 is 1.44 bits per heavy atom. The van der Waals surface area contributed by atoms with Gasteiger partial charge in [0.1, 0.15) is 5.75 Å². The number of rotatable bonds is 7. The molecule has 0 aliphatic carbocycles. The van der Waals surface area contributed by atoms with Crippen molar-refractivity contribution in [1.29, 1.82) is 0 Å². The molecule has 1 heterocycles. The Morgan fingerprint density at radius 2 is 2.17 bits per heavy atom. The highest BCUT2D eigenvalue weighted by Crippen LogP contribution is 2.16. The molecule has 0 spiro atoms. The van der Waals surface area contributed by atoms with Crippen LogP contribution < -0.4 is 9.88 Å². The van der Waals surface area contributed by atoms with Crippen LogP contribution in [-0.2, 0) is 10.0 Å². The van der Waals surface area contributed by atoms with Gasteiger partial charge in [-0.2, -0.15) is 0 Å². The van der Waals surface area contributed by atoms with Crippen molar-refractivity contribution in [3.8, 4) is 5.75 Å². The minimum absolute atomic E-state index is 0.00683. The van der Waals surface area contributed by atoms with E-state index in [4.69, 9.17) is 21.5 Å². The number of nitrogens with two attached hydrogens (primary N) is 1. The van der Waals surface area contributed by atoms with E-state index in [0.29, 0.717) is 23.8 Å². The molecule has 5 nitrogen and oxygen atoms in total. The van der Waals surface area contributed by atoms with E-state index in [-0.39, 0.29) is 11.7 Å². The Morgan fingerprint density at radius 3 is 2.78 bits per heavy atom. The van der Waals surface area contributed by atoms with Crippen LogP contribution in [0.15, 0.2) is 18.5 Å². The van der Waals surface area contributed by atoms with Gasteiger partial charge in [-0.05, 0) is 18.8 Å². The third-order valence-electron chi connectivity index (χ3n) is 2.45. The zero-order valence-corrected chi connectivity index (χ0v) is 11.7. The topological polar surface area (TPSA) is 82.3 Å². The smallest absolute Gasteiger partial charge is 0.209 e. The van der Waals surface area contributed by atoms with Gasteiger partial charge in [-0.3, -0.25) is 4.98 Å². The maximum atomic E-state index is 10.8. The molecular formula is C11H17ClN2O3S. The zero-order valence-electron chi connectivity index (χ0n) is 10.2. The summed E-state index contributed by atoms with van der Waals surface area (Å²) in [6.07, 6.45) is 4.40. The number of ether oxygens (including phenoxy) is 1. The molecule has 1 aromatic rings. The lowest BCUT2D eigenvalue weighted by atomic mass is 10.1. The van der Waals surface area contributed by atoms with E-state index in [2.05, 4.69) is 4.98 Å². The van der Waals surface area contributed by atoms with Gasteiger partial charge in [0, 0.05) is 12.3 Å². The Balaban J connectivity index is 2.25. The summed E-state index contributed by atoms with van der Waals surface area (Å²) < 4.78 is 27.0. The van der Waals surface area contributed by atoms with Crippen molar-refractivity contribution in [3.63, 3.8) is 0 Å². The number of hydrogen-bond acceptors (Lipinski definition) is 4. The van der Waals surface area contributed by atoms with Crippen LogP contribution in [-0.4, -0.2) is 25.8 Å². The quantitative estimate of drug-likeness (QED) is 0.831. The van der Waals surface area contributed by atoms with Gasteiger partial charge in [-0.25, -0.2) is 13.6 Å². The van der Waals surface area contributed by atoms with Crippen molar-refractivity contribution in [2.24, 2.45) is 11.1 Å². The van der Waals surface area contributed by atoms with Crippen LogP contribution in [0.2, 0.25) is 5.02 Å². The largest absolute Gasteiger partial charge is 0.492 e. The van der Waals surface area contributed by atoms with Gasteiger partial charge in [-0.15, -0.1) is 0 Å². The van der Waals surface area contributed by atoms with E-state index in [1.807, 2.05) is 6.92 Å². The van der Waals surface area contributed by atoms with Gasteiger partial charge in [0.25, 0.3) is 0 Å². The second-order valence-electron chi connectivity index (χ2n) is 4.24. The summed E-state index contributed by atoms with van der Waals surface area (Å²) in [6.45, 7) is 2.46. The van der Waals surface area contributed by atoms with E-state index in [9.17, 15) is 8.42 Å². The lowest BCUT2D eigenvalue weighted by Gasteiger charge is -2.11. The first-order valence-electron chi connectivity index (χ1n) is 5.60. The molecule has 18 heavy (non-hydrogen) atoms. The molecule has 1 atom stereocenters. The van der Waals surface area contributed by atoms with Crippen LogP contribution in [0.3, 0.4) is 0 Å². The molecule has 1 rings (SSSR count). The number of halogens is 1. The monoisotopic (exact) mass is 292 g/mol. The van der Waals surface area contributed by atoms with Crippen LogP contribution in [0.25, 0.3) is 0 Å². The predicted octanol–water partition coefficient (Wildman–Crippen LogP) is 1.82. The average molecular weight is 293 g/mol. The normalized spacial score (nSPS) is 13.3. The van der Waals surface area contributed by atoms with Crippen LogP contribution in [0.1, 0.15) is 19.8 Å². The summed E-state index contributed by atoms with van der Waals surface area (Å²) in [5.74, 6) is 0.851. The third kappa shape index (κ3) is 6.78. The van der Waals surface area contributed by atoms with Gasteiger partial charge >= 0.3 is 0 Å². The molecule has 0 aliphatic rings. The molecule has 1 unspecified atom stereocenters. The van der Waals surface area contributed by atoms with Crippen LogP contribution >= 0.6 is 11.6 Å². The lowest BCUT2D eigenvalue weighted by molar-refractivity contribution is 0.281. The Hall–Kier alpha value is -0.850. The third-order valence-corrected chi connectivity index (χ3v) is 3.47. The highest BCUT2D eigenvalue weighted by Gasteiger charge is 2.08. The van der Waals surface area contributed by atoms with Crippen LogP contribution in [0, 0.1) is 5.92 Å². The fourth-order valence-corrected chi connectivity index (χ4v) is 2.25. The molecule has 2 N–H and O–H groups in total. The Labute approximate surface area is 112 Å². The molecule has 102 valence electrons. The number of sulfonamides is 1. The van der Waals surface area contributed by atoms with Gasteiger partial charge in [0.2, 0.25) is 10.0 Å². The molecule has 0 radical (unpaired) electrons. The van der Waals surface area contributed by atoms with Crippen molar-refractivity contribution < 1.29 is 13.2 Å². The Kier molecular flexibility index (Phi) is 5.84. The highest BCUT2D eigenvalue weighted by atomic mass is 35.5. The zero-order chi connectivity index (χ0) is 13.6. The molecule has 0 saturated carbocycles. The molecule has 1 aromatic heterocycles. The molecule has 0 aliphatic heterocycles. The van der Waals surface area contributed by atoms with Gasteiger partial charge in [-0.1, -0.05) is 18.5 Å². The molecule has 0 aromatic carbocycles. The van der Waals surface area contributed by atoms with Crippen molar-refractivity contribution in [2.75, 3.05) is 12.4 Å². The molecule has 0 bridgehead atoms. The van der Waals surface area contributed by atoms with E-state index in [1.165, 1.54) is 6.20 Å². The average Bonchev–Trinajstić information content (AvgIpc) is 2.25. The fraction of sp³-hybridized carbons (Fsp3) is 0.545. The number of aromatic nitrogens is 1. The first-order chi connectivity index (χ1) is 8.37. The summed E-state index contributed by atoms with van der Waals surface area (Å²) in [5.41, 5.74) is 0. The van der Waals surface area contributed by atoms with E-state index in [0.717, 1.165) is 6.42 Å². The van der Waals surface area contributed by atoms with Crippen molar-refractivity contribution >= 4 is 21.6 Å².